The van der Waals surface area contributed by atoms with Crippen LogP contribution in [0.25, 0.3) is 10.9 Å². The number of ether oxygens (including phenoxy) is 1. The van der Waals surface area contributed by atoms with Gasteiger partial charge in [0, 0.05) is 41.2 Å². The van der Waals surface area contributed by atoms with Crippen molar-refractivity contribution in [1.82, 2.24) is 20.3 Å². The fourth-order valence-electron chi connectivity index (χ4n) is 5.03. The summed E-state index contributed by atoms with van der Waals surface area (Å²) < 4.78 is 21.2. The molecule has 1 fully saturated rings. The number of aliphatic hydroxyl groups excluding tert-OH is 1. The van der Waals surface area contributed by atoms with E-state index in [1.54, 1.807) is 36.2 Å². The number of nitrogens with zero attached hydrogens (tertiary/aromatic N) is 3. The van der Waals surface area contributed by atoms with Crippen molar-refractivity contribution >= 4 is 28.6 Å². The SMILES string of the molecule is COc1ccc2ncc(CO)c(C(F)CCC3(C(=O)NO)CCN(CCSc4ccccn4)CC3)c2c1. The second-order valence-corrected chi connectivity index (χ2v) is 10.4. The van der Waals surface area contributed by atoms with Crippen molar-refractivity contribution in [3.8, 4) is 5.75 Å². The highest BCUT2D eigenvalue weighted by Gasteiger charge is 2.41. The lowest BCUT2D eigenvalue weighted by molar-refractivity contribution is -0.143. The summed E-state index contributed by atoms with van der Waals surface area (Å²) in [4.78, 5) is 23.7. The van der Waals surface area contributed by atoms with Gasteiger partial charge in [0.1, 0.15) is 11.9 Å². The van der Waals surface area contributed by atoms with Crippen molar-refractivity contribution < 1.29 is 24.2 Å². The minimum atomic E-state index is -1.42. The third-order valence-electron chi connectivity index (χ3n) is 7.25. The third kappa shape index (κ3) is 6.38. The number of benzene rings is 1. The number of nitrogens with one attached hydrogen (secondary N) is 1. The number of aromatic nitrogens is 2. The largest absolute Gasteiger partial charge is 0.497 e. The van der Waals surface area contributed by atoms with Gasteiger partial charge < -0.3 is 14.7 Å². The molecule has 2 aromatic heterocycles. The van der Waals surface area contributed by atoms with Crippen molar-refractivity contribution in [3.05, 3.63) is 59.9 Å². The molecule has 3 N–H and O–H groups in total. The van der Waals surface area contributed by atoms with E-state index in [2.05, 4.69) is 14.9 Å². The number of halogens is 1. The molecule has 8 nitrogen and oxygen atoms in total. The molecule has 1 atom stereocenters. The molecule has 1 saturated heterocycles. The maximum Gasteiger partial charge on any atom is 0.249 e. The molecular weight excluding hydrogens is 495 g/mol. The van der Waals surface area contributed by atoms with E-state index < -0.39 is 17.5 Å². The summed E-state index contributed by atoms with van der Waals surface area (Å²) in [6, 6.07) is 11.1. The number of likely N-dealkylation sites (tertiary alicyclic amines) is 1. The number of hydrogen-bond donors (Lipinski definition) is 3. The average molecular weight is 529 g/mol. The van der Waals surface area contributed by atoms with Crippen molar-refractivity contribution in [3.63, 3.8) is 0 Å². The van der Waals surface area contributed by atoms with Crippen LogP contribution in [0.4, 0.5) is 4.39 Å². The zero-order valence-corrected chi connectivity index (χ0v) is 21.7. The monoisotopic (exact) mass is 528 g/mol. The molecule has 0 bridgehead atoms. The zero-order valence-electron chi connectivity index (χ0n) is 20.9. The number of hydroxylamine groups is 1. The Morgan fingerprint density at radius 1 is 1.27 bits per heavy atom. The van der Waals surface area contributed by atoms with Crippen LogP contribution in [0.5, 0.6) is 5.75 Å². The molecule has 0 spiro atoms. The first-order valence-corrected chi connectivity index (χ1v) is 13.4. The lowest BCUT2D eigenvalue weighted by atomic mass is 9.73. The smallest absolute Gasteiger partial charge is 0.249 e. The number of thioether (sulfide) groups is 1. The average Bonchev–Trinajstić information content (AvgIpc) is 2.95. The first kappa shape index (κ1) is 27.3. The van der Waals surface area contributed by atoms with Gasteiger partial charge in [-0.25, -0.2) is 14.9 Å². The lowest BCUT2D eigenvalue weighted by Crippen LogP contribution is -2.48. The Morgan fingerprint density at radius 3 is 2.76 bits per heavy atom. The van der Waals surface area contributed by atoms with Gasteiger partial charge in [-0.3, -0.25) is 15.0 Å². The molecule has 1 aromatic carbocycles. The number of rotatable bonds is 11. The van der Waals surface area contributed by atoms with Crippen LogP contribution >= 0.6 is 11.8 Å². The van der Waals surface area contributed by atoms with Gasteiger partial charge in [-0.2, -0.15) is 0 Å². The predicted octanol–water partition coefficient (Wildman–Crippen LogP) is 4.30. The van der Waals surface area contributed by atoms with E-state index >= 15 is 4.39 Å². The van der Waals surface area contributed by atoms with Crippen molar-refractivity contribution in [2.45, 2.75) is 43.5 Å². The van der Waals surface area contributed by atoms with E-state index in [0.29, 0.717) is 53.7 Å². The Labute approximate surface area is 220 Å². The molecule has 1 unspecified atom stereocenters. The first-order valence-electron chi connectivity index (χ1n) is 12.4. The van der Waals surface area contributed by atoms with Crippen LogP contribution in [0, 0.1) is 5.41 Å². The van der Waals surface area contributed by atoms with Crippen molar-refractivity contribution in [1.29, 1.82) is 0 Å². The molecule has 0 saturated carbocycles. The number of methoxy groups -OCH3 is 1. The number of hydrogen-bond acceptors (Lipinski definition) is 8. The number of piperidine rings is 1. The molecule has 0 aliphatic carbocycles. The van der Waals surface area contributed by atoms with Gasteiger partial charge in [-0.1, -0.05) is 6.07 Å². The van der Waals surface area contributed by atoms with Gasteiger partial charge >= 0.3 is 0 Å². The summed E-state index contributed by atoms with van der Waals surface area (Å²) in [5.74, 6) is 0.985. The van der Waals surface area contributed by atoms with Crippen LogP contribution in [0.2, 0.25) is 0 Å². The Hall–Kier alpha value is -2.79. The molecule has 0 radical (unpaired) electrons. The highest BCUT2D eigenvalue weighted by atomic mass is 32.2. The van der Waals surface area contributed by atoms with Gasteiger partial charge in [0.15, 0.2) is 0 Å². The Morgan fingerprint density at radius 2 is 2.08 bits per heavy atom. The summed E-state index contributed by atoms with van der Waals surface area (Å²) >= 11 is 1.69. The number of alkyl halides is 1. The number of carbonyl (C=O) groups is 1. The van der Waals surface area contributed by atoms with E-state index in [0.717, 1.165) is 17.3 Å². The van der Waals surface area contributed by atoms with E-state index in [1.807, 2.05) is 23.7 Å². The van der Waals surface area contributed by atoms with E-state index in [1.165, 1.54) is 13.3 Å². The van der Waals surface area contributed by atoms with Crippen LogP contribution in [0.1, 0.15) is 43.0 Å². The molecule has 3 heterocycles. The van der Waals surface area contributed by atoms with Gasteiger partial charge in [0.05, 0.1) is 29.7 Å². The number of carbonyl (C=O) groups excluding carboxylic acids is 1. The third-order valence-corrected chi connectivity index (χ3v) is 8.17. The van der Waals surface area contributed by atoms with Gasteiger partial charge in [-0.05, 0) is 69.1 Å². The molecule has 1 aliphatic rings. The summed E-state index contributed by atoms with van der Waals surface area (Å²) in [5.41, 5.74) is 2.36. The van der Waals surface area contributed by atoms with Gasteiger partial charge in [0.2, 0.25) is 5.91 Å². The lowest BCUT2D eigenvalue weighted by Gasteiger charge is -2.40. The summed E-state index contributed by atoms with van der Waals surface area (Å²) in [7, 11) is 1.54. The van der Waals surface area contributed by atoms with Gasteiger partial charge in [0.25, 0.3) is 0 Å². The van der Waals surface area contributed by atoms with E-state index in [4.69, 9.17) is 4.74 Å². The van der Waals surface area contributed by atoms with Crippen molar-refractivity contribution in [2.75, 3.05) is 32.5 Å². The van der Waals surface area contributed by atoms with Gasteiger partial charge in [-0.15, -0.1) is 11.8 Å². The fourth-order valence-corrected chi connectivity index (χ4v) is 5.90. The quantitative estimate of drug-likeness (QED) is 0.192. The number of aliphatic hydroxyl groups is 1. The molecule has 4 rings (SSSR count). The Kier molecular flexibility index (Phi) is 9.31. The van der Waals surface area contributed by atoms with Crippen LogP contribution < -0.4 is 10.2 Å². The molecule has 198 valence electrons. The summed E-state index contributed by atoms with van der Waals surface area (Å²) in [5, 5.41) is 20.9. The van der Waals surface area contributed by atoms with Crippen LogP contribution in [0.3, 0.4) is 0 Å². The second kappa shape index (κ2) is 12.6. The normalized spacial score (nSPS) is 16.4. The molecule has 37 heavy (non-hydrogen) atoms. The van der Waals surface area contributed by atoms with Crippen molar-refractivity contribution in [2.24, 2.45) is 5.41 Å². The van der Waals surface area contributed by atoms with Crippen LogP contribution in [0.15, 0.2) is 53.8 Å². The fraction of sp³-hybridized carbons (Fsp3) is 0.444. The molecule has 10 heteroatoms. The van der Waals surface area contributed by atoms with Crippen LogP contribution in [-0.2, 0) is 11.4 Å². The molecule has 1 amide bonds. The molecule has 3 aromatic rings. The highest BCUT2D eigenvalue weighted by molar-refractivity contribution is 7.99. The zero-order chi connectivity index (χ0) is 26.3. The number of fused-ring (bicyclic) bond motifs is 1. The maximum absolute atomic E-state index is 15.9. The minimum Gasteiger partial charge on any atom is -0.497 e. The molecule has 1 aliphatic heterocycles. The van der Waals surface area contributed by atoms with E-state index in [9.17, 15) is 15.1 Å². The Balaban J connectivity index is 1.43. The van der Waals surface area contributed by atoms with Crippen LogP contribution in [-0.4, -0.2) is 63.6 Å². The highest BCUT2D eigenvalue weighted by Crippen LogP contribution is 2.41. The number of amides is 1. The topological polar surface area (TPSA) is 108 Å². The number of pyridine rings is 2. The summed E-state index contributed by atoms with van der Waals surface area (Å²) in [6.07, 6.45) is 3.25. The van der Waals surface area contributed by atoms with E-state index in [-0.39, 0.29) is 19.4 Å². The Bertz CT molecular complexity index is 1190. The predicted molar refractivity (Wildman–Crippen MR) is 140 cm³/mol. The standard InChI is InChI=1S/C27H33FN4O4S/c1-36-20-5-6-23-21(16-20)25(19(18-33)17-30-23)22(28)7-8-27(26(34)31-35)9-12-32(13-10-27)14-15-37-24-4-2-3-11-29-24/h2-6,11,16-17,22,33,35H,7-10,12-15,18H2,1H3,(H,31,34). The minimum absolute atomic E-state index is 0.0757. The molecular formula is C27H33FN4O4S. The second-order valence-electron chi connectivity index (χ2n) is 9.32. The summed E-state index contributed by atoms with van der Waals surface area (Å²) in [6.45, 7) is 1.88. The first-order chi connectivity index (χ1) is 18.0. The maximum atomic E-state index is 15.9.